The third-order valence-electron chi connectivity index (χ3n) is 14.7. The average Bonchev–Trinajstić information content (AvgIpc) is 4.04. The van der Waals surface area contributed by atoms with Crippen LogP contribution < -0.4 is 19.7 Å². The molecule has 1 amide bonds. The molecule has 4 N–H and O–H groups in total. The number of piperidine rings is 1. The molecule has 2 aliphatic heterocycles. The summed E-state index contributed by atoms with van der Waals surface area (Å²) in [6.45, 7) is 6.26. The molecule has 2 saturated heterocycles. The second-order valence-corrected chi connectivity index (χ2v) is 20.9. The molecule has 5 aliphatic rings. The van der Waals surface area contributed by atoms with E-state index in [2.05, 4.69) is 59.1 Å². The fourth-order valence-electron chi connectivity index (χ4n) is 10.6. The van der Waals surface area contributed by atoms with Crippen molar-refractivity contribution in [2.45, 2.75) is 99.6 Å². The quantitative estimate of drug-likeness (QED) is 0.0658. The van der Waals surface area contributed by atoms with Gasteiger partial charge in [-0.3, -0.25) is 19.8 Å². The Balaban J connectivity index is 0.835. The van der Waals surface area contributed by atoms with Gasteiger partial charge in [0.05, 0.1) is 47.7 Å². The molecule has 0 unspecified atom stereocenters. The van der Waals surface area contributed by atoms with Gasteiger partial charge in [-0.05, 0) is 124 Å². The van der Waals surface area contributed by atoms with Gasteiger partial charge in [0, 0.05) is 61.6 Å². The number of aliphatic hydroxyl groups is 1. The van der Waals surface area contributed by atoms with Crippen LogP contribution in [-0.2, 0) is 14.8 Å². The Kier molecular flexibility index (Phi) is 11.5. The molecule has 10 rings (SSSR count). The number of morpholine rings is 1. The van der Waals surface area contributed by atoms with Crippen LogP contribution in [0.2, 0.25) is 0 Å². The van der Waals surface area contributed by atoms with Crippen molar-refractivity contribution in [2.75, 3.05) is 49.6 Å². The third kappa shape index (κ3) is 9.15. The number of fused-ring (bicyclic) bond motifs is 1. The molecule has 1 spiro atoms. The predicted octanol–water partition coefficient (Wildman–Crippen LogP) is 7.83. The zero-order valence-corrected chi connectivity index (χ0v) is 37.4. The summed E-state index contributed by atoms with van der Waals surface area (Å²) in [5.41, 5.74) is 3.40. The summed E-state index contributed by atoms with van der Waals surface area (Å²) in [6.07, 6.45) is 13.9. The average molecular weight is 905 g/mol. The number of hydrogen-bond acceptors (Lipinski definition) is 13. The van der Waals surface area contributed by atoms with E-state index in [1.807, 2.05) is 6.07 Å². The molecule has 2 aromatic carbocycles. The Morgan fingerprint density at radius 3 is 2.51 bits per heavy atom. The van der Waals surface area contributed by atoms with Crippen LogP contribution in [0.1, 0.15) is 105 Å². The molecule has 0 bridgehead atoms. The third-order valence-corrected chi connectivity index (χ3v) is 16.0. The number of nitro groups is 1. The SMILES string of the molecule is CC1(O)CCC(CNc2ncc(S(=O)(=O)NC(=O)c3ccc(N4CCC5(CC4)CC(N4CCOC[C@H]4c4ccccc4C4CC4)C5)cc3Oc3cnc4[nH]ccc4c3)cc2[N+](=O)[O-])CC1. The summed E-state index contributed by atoms with van der Waals surface area (Å²) in [4.78, 5) is 41.5. The zero-order chi connectivity index (χ0) is 44.9. The van der Waals surface area contributed by atoms with Gasteiger partial charge in [-0.2, -0.15) is 0 Å². The molecule has 5 heterocycles. The first kappa shape index (κ1) is 43.3. The van der Waals surface area contributed by atoms with Gasteiger partial charge in [0.25, 0.3) is 15.9 Å². The number of benzene rings is 2. The Morgan fingerprint density at radius 2 is 1.75 bits per heavy atom. The van der Waals surface area contributed by atoms with Crippen molar-refractivity contribution in [2.24, 2.45) is 11.3 Å². The highest BCUT2D eigenvalue weighted by molar-refractivity contribution is 7.90. The molecule has 65 heavy (non-hydrogen) atoms. The van der Waals surface area contributed by atoms with Gasteiger partial charge in [-0.25, -0.2) is 23.1 Å². The molecular weight excluding hydrogens is 849 g/mol. The minimum Gasteiger partial charge on any atom is -0.455 e. The number of sulfonamides is 1. The number of aromatic amines is 1. The van der Waals surface area contributed by atoms with Gasteiger partial charge in [0.2, 0.25) is 5.82 Å². The summed E-state index contributed by atoms with van der Waals surface area (Å²) in [7, 11) is -4.63. The van der Waals surface area contributed by atoms with E-state index >= 15 is 0 Å². The topological polar surface area (TPSA) is 205 Å². The Morgan fingerprint density at radius 1 is 0.985 bits per heavy atom. The number of nitrogens with zero attached hydrogens (tertiary/aromatic N) is 5. The van der Waals surface area contributed by atoms with Crippen LogP contribution in [0.5, 0.6) is 11.5 Å². The lowest BCUT2D eigenvalue weighted by Gasteiger charge is -2.57. The lowest BCUT2D eigenvalue weighted by atomic mass is 9.59. The lowest BCUT2D eigenvalue weighted by Crippen LogP contribution is -2.58. The molecule has 3 aliphatic carbocycles. The van der Waals surface area contributed by atoms with E-state index in [-0.39, 0.29) is 34.5 Å². The van der Waals surface area contributed by atoms with E-state index in [0.717, 1.165) is 94.7 Å². The van der Waals surface area contributed by atoms with E-state index in [4.69, 9.17) is 9.47 Å². The molecule has 1 atom stereocenters. The van der Waals surface area contributed by atoms with Gasteiger partial charge in [0.1, 0.15) is 22.0 Å². The molecule has 5 aromatic rings. The minimum absolute atomic E-state index is 0.0441. The van der Waals surface area contributed by atoms with E-state index in [0.29, 0.717) is 42.7 Å². The van der Waals surface area contributed by atoms with Gasteiger partial charge < -0.3 is 29.8 Å². The summed E-state index contributed by atoms with van der Waals surface area (Å²) < 4.78 is 41.9. The van der Waals surface area contributed by atoms with Gasteiger partial charge in [0.15, 0.2) is 0 Å². The first-order chi connectivity index (χ1) is 31.3. The van der Waals surface area contributed by atoms with Crippen molar-refractivity contribution in [1.82, 2.24) is 24.6 Å². The van der Waals surface area contributed by atoms with Crippen molar-refractivity contribution in [3.05, 3.63) is 106 Å². The fraction of sp³-hybridized carbons (Fsp3) is 0.479. The van der Waals surface area contributed by atoms with Crippen molar-refractivity contribution >= 4 is 44.2 Å². The normalized spacial score (nSPS) is 23.8. The number of carbonyl (C=O) groups is 1. The van der Waals surface area contributed by atoms with Gasteiger partial charge >= 0.3 is 5.69 Å². The monoisotopic (exact) mass is 904 g/mol. The van der Waals surface area contributed by atoms with Crippen LogP contribution in [-0.4, -0.2) is 95.2 Å². The molecular formula is C48H56N8O8S. The summed E-state index contributed by atoms with van der Waals surface area (Å²) >= 11 is 0. The highest BCUT2D eigenvalue weighted by Crippen LogP contribution is 2.54. The summed E-state index contributed by atoms with van der Waals surface area (Å²) in [5.74, 6) is 0.287. The number of nitrogens with one attached hydrogen (secondary N) is 3. The fourth-order valence-corrected chi connectivity index (χ4v) is 11.6. The van der Waals surface area contributed by atoms with Crippen molar-refractivity contribution in [3.63, 3.8) is 0 Å². The van der Waals surface area contributed by atoms with Crippen LogP contribution in [0.4, 0.5) is 17.2 Å². The second kappa shape index (κ2) is 17.3. The number of pyridine rings is 2. The van der Waals surface area contributed by atoms with Crippen LogP contribution in [0.3, 0.4) is 0 Å². The number of ether oxygens (including phenoxy) is 2. The van der Waals surface area contributed by atoms with E-state index in [1.54, 1.807) is 37.4 Å². The summed E-state index contributed by atoms with van der Waals surface area (Å²) in [6, 6.07) is 19.4. The van der Waals surface area contributed by atoms with Crippen molar-refractivity contribution in [3.8, 4) is 11.5 Å². The Bertz CT molecular complexity index is 2700. The first-order valence-electron chi connectivity index (χ1n) is 22.9. The van der Waals surface area contributed by atoms with Gasteiger partial charge in [-0.1, -0.05) is 24.3 Å². The molecule has 17 heteroatoms. The number of anilines is 2. The van der Waals surface area contributed by atoms with Crippen LogP contribution in [0, 0.1) is 21.4 Å². The van der Waals surface area contributed by atoms with E-state index < -0.39 is 37.0 Å². The van der Waals surface area contributed by atoms with Crippen LogP contribution >= 0.6 is 0 Å². The second-order valence-electron chi connectivity index (χ2n) is 19.2. The zero-order valence-electron chi connectivity index (χ0n) is 36.6. The molecule has 0 radical (unpaired) electrons. The maximum Gasteiger partial charge on any atom is 0.312 e. The number of H-pyrrole nitrogens is 1. The Hall–Kier alpha value is -5.62. The first-order valence-corrected chi connectivity index (χ1v) is 24.4. The molecule has 3 saturated carbocycles. The lowest BCUT2D eigenvalue weighted by molar-refractivity contribution is -0.384. The molecule has 3 aromatic heterocycles. The van der Waals surface area contributed by atoms with Crippen molar-refractivity contribution < 1.29 is 32.7 Å². The van der Waals surface area contributed by atoms with Crippen molar-refractivity contribution in [1.29, 1.82) is 0 Å². The smallest absolute Gasteiger partial charge is 0.312 e. The number of amides is 1. The largest absolute Gasteiger partial charge is 0.455 e. The predicted molar refractivity (Wildman–Crippen MR) is 245 cm³/mol. The highest BCUT2D eigenvalue weighted by atomic mass is 32.2. The number of hydrogen-bond donors (Lipinski definition) is 4. The number of aromatic nitrogens is 3. The molecule has 16 nitrogen and oxygen atoms in total. The van der Waals surface area contributed by atoms with E-state index in [9.17, 15) is 28.4 Å². The minimum atomic E-state index is -4.63. The number of rotatable bonds is 13. The summed E-state index contributed by atoms with van der Waals surface area (Å²) in [5, 5.41) is 26.2. The van der Waals surface area contributed by atoms with Crippen LogP contribution in [0.25, 0.3) is 11.0 Å². The molecule has 5 fully saturated rings. The van der Waals surface area contributed by atoms with E-state index in [1.165, 1.54) is 30.2 Å². The Labute approximate surface area is 378 Å². The molecule has 342 valence electrons. The maximum absolute atomic E-state index is 14.0. The maximum atomic E-state index is 14.0. The van der Waals surface area contributed by atoms with Gasteiger partial charge in [-0.15, -0.1) is 0 Å². The number of carbonyl (C=O) groups excluding carboxylic acids is 1. The highest BCUT2D eigenvalue weighted by Gasteiger charge is 2.50. The standard InChI is InChI=1S/C48H56N8O8S/c1-47(58)13-10-31(11-14-47)27-50-45-41(56(59)60)24-37(29-52-45)65(61,62)53-46(57)40-9-8-34(23-43(40)64-36-22-33-12-17-49-44(33)51-28-36)54-18-15-48(16-19-54)25-35(26-48)55-20-21-63-30-42(55)39-5-3-2-4-38(39)32-6-7-32/h2-5,8-9,12,17,22-24,28-29,31-32,35,42,58H,6-7,10-11,13-16,18-21,25-27,30H2,1H3,(H,49,51)(H,50,52)(H,53,57)/t31?,42-,47?/m0/s1. The van der Waals surface area contributed by atoms with Crippen LogP contribution in [0.15, 0.2) is 84.1 Å².